The number of methoxy groups -OCH3 is 2. The Bertz CT molecular complexity index is 278. The van der Waals surface area contributed by atoms with E-state index in [0.29, 0.717) is 13.1 Å². The summed E-state index contributed by atoms with van der Waals surface area (Å²) in [5.74, 6) is -1.09. The highest BCUT2D eigenvalue weighted by atomic mass is 16.7. The van der Waals surface area contributed by atoms with E-state index >= 15 is 0 Å². The zero-order valence-electron chi connectivity index (χ0n) is 11.8. The van der Waals surface area contributed by atoms with Gasteiger partial charge in [-0.05, 0) is 20.3 Å². The summed E-state index contributed by atoms with van der Waals surface area (Å²) in [5.41, 5.74) is -1.61. The van der Waals surface area contributed by atoms with Gasteiger partial charge < -0.3 is 19.1 Å². The predicted octanol–water partition coefficient (Wildman–Crippen LogP) is 0.797. The normalized spacial score (nSPS) is 13.8. The number of carbonyl (C=O) groups excluding carboxylic acids is 2. The number of ether oxygens (including phenoxy) is 3. The van der Waals surface area contributed by atoms with E-state index in [0.717, 1.165) is 0 Å². The van der Waals surface area contributed by atoms with Gasteiger partial charge in [-0.3, -0.25) is 4.79 Å². The second-order valence-electron chi connectivity index (χ2n) is 3.70. The van der Waals surface area contributed by atoms with Gasteiger partial charge in [0, 0.05) is 20.2 Å². The SMILES string of the molecule is CCN(CC)C(=O)C(CC)(OCOC)C(=O)OC. The average Bonchev–Trinajstić information content (AvgIpc) is 2.41. The fraction of sp³-hybridized carbons (Fsp3) is 0.833. The third-order valence-electron chi connectivity index (χ3n) is 2.83. The van der Waals surface area contributed by atoms with Gasteiger partial charge in [0.15, 0.2) is 0 Å². The lowest BCUT2D eigenvalue weighted by Gasteiger charge is -2.33. The molecule has 0 saturated heterocycles. The molecule has 0 aromatic carbocycles. The van der Waals surface area contributed by atoms with E-state index in [4.69, 9.17) is 14.2 Å². The number of carbonyl (C=O) groups is 2. The monoisotopic (exact) mass is 261 g/mol. The second kappa shape index (κ2) is 8.05. The lowest BCUT2D eigenvalue weighted by Crippen LogP contribution is -2.56. The number of esters is 1. The Hall–Kier alpha value is -1.14. The molecule has 6 nitrogen and oxygen atoms in total. The van der Waals surface area contributed by atoms with Gasteiger partial charge in [0.25, 0.3) is 5.91 Å². The number of likely N-dealkylation sites (N-methyl/N-ethyl adjacent to an activating group) is 1. The molecule has 1 amide bonds. The Kier molecular flexibility index (Phi) is 7.54. The van der Waals surface area contributed by atoms with Crippen LogP contribution in [0.3, 0.4) is 0 Å². The number of hydrogen-bond acceptors (Lipinski definition) is 5. The first kappa shape index (κ1) is 16.9. The highest BCUT2D eigenvalue weighted by Gasteiger charge is 2.48. The van der Waals surface area contributed by atoms with Gasteiger partial charge in [0.2, 0.25) is 5.60 Å². The number of amides is 1. The molecule has 0 radical (unpaired) electrons. The summed E-state index contributed by atoms with van der Waals surface area (Å²) in [6, 6.07) is 0. The van der Waals surface area contributed by atoms with Crippen molar-refractivity contribution in [3.63, 3.8) is 0 Å². The molecule has 0 saturated carbocycles. The molecule has 0 spiro atoms. The predicted molar refractivity (Wildman–Crippen MR) is 65.9 cm³/mol. The molecule has 0 rings (SSSR count). The molecule has 0 aliphatic carbocycles. The van der Waals surface area contributed by atoms with E-state index in [9.17, 15) is 9.59 Å². The summed E-state index contributed by atoms with van der Waals surface area (Å²) >= 11 is 0. The van der Waals surface area contributed by atoms with Gasteiger partial charge >= 0.3 is 5.97 Å². The summed E-state index contributed by atoms with van der Waals surface area (Å²) in [6.45, 7) is 6.25. The van der Waals surface area contributed by atoms with Crippen LogP contribution in [0.25, 0.3) is 0 Å². The first-order chi connectivity index (χ1) is 8.53. The summed E-state index contributed by atoms with van der Waals surface area (Å²) in [6.07, 6.45) is 0.193. The Labute approximate surface area is 108 Å². The van der Waals surface area contributed by atoms with E-state index in [2.05, 4.69) is 0 Å². The molecular weight excluding hydrogens is 238 g/mol. The number of hydrogen-bond donors (Lipinski definition) is 0. The zero-order valence-corrected chi connectivity index (χ0v) is 11.8. The minimum Gasteiger partial charge on any atom is -0.466 e. The molecule has 0 aliphatic rings. The van der Waals surface area contributed by atoms with E-state index in [-0.39, 0.29) is 19.1 Å². The summed E-state index contributed by atoms with van der Waals surface area (Å²) < 4.78 is 14.8. The molecule has 6 heteroatoms. The van der Waals surface area contributed by atoms with Gasteiger partial charge in [-0.2, -0.15) is 0 Å². The van der Waals surface area contributed by atoms with Crippen LogP contribution in [0.2, 0.25) is 0 Å². The molecule has 1 atom stereocenters. The molecule has 0 aromatic rings. The standard InChI is InChI=1S/C12H23NO5/c1-6-12(11(15)17-5,18-9-16-4)10(14)13(7-2)8-3/h6-9H2,1-5H3. The van der Waals surface area contributed by atoms with Crippen LogP contribution in [0.4, 0.5) is 0 Å². The molecule has 106 valence electrons. The minimum atomic E-state index is -1.61. The second-order valence-corrected chi connectivity index (χ2v) is 3.70. The van der Waals surface area contributed by atoms with Gasteiger partial charge in [0.05, 0.1) is 7.11 Å². The van der Waals surface area contributed by atoms with E-state index in [1.165, 1.54) is 19.1 Å². The van der Waals surface area contributed by atoms with Crippen LogP contribution >= 0.6 is 0 Å². The summed E-state index contributed by atoms with van der Waals surface area (Å²) in [5, 5.41) is 0. The summed E-state index contributed by atoms with van der Waals surface area (Å²) in [4.78, 5) is 25.8. The van der Waals surface area contributed by atoms with Crippen molar-refractivity contribution in [1.29, 1.82) is 0 Å². The Balaban J connectivity index is 5.27. The number of rotatable bonds is 8. The highest BCUT2D eigenvalue weighted by Crippen LogP contribution is 2.21. The summed E-state index contributed by atoms with van der Waals surface area (Å²) in [7, 11) is 2.66. The van der Waals surface area contributed by atoms with Crippen LogP contribution in [0, 0.1) is 0 Å². The van der Waals surface area contributed by atoms with Gasteiger partial charge in [-0.25, -0.2) is 4.79 Å². The minimum absolute atomic E-state index is 0.143. The van der Waals surface area contributed by atoms with Crippen LogP contribution in [-0.4, -0.2) is 56.5 Å². The maximum Gasteiger partial charge on any atom is 0.348 e. The van der Waals surface area contributed by atoms with E-state index in [1.807, 2.05) is 13.8 Å². The van der Waals surface area contributed by atoms with Crippen LogP contribution < -0.4 is 0 Å². The Morgan fingerprint density at radius 1 is 1.11 bits per heavy atom. The van der Waals surface area contributed by atoms with Gasteiger partial charge in [-0.1, -0.05) is 6.92 Å². The van der Waals surface area contributed by atoms with Crippen LogP contribution in [0.1, 0.15) is 27.2 Å². The van der Waals surface area contributed by atoms with Crippen molar-refractivity contribution in [1.82, 2.24) is 4.90 Å². The maximum atomic E-state index is 12.4. The van der Waals surface area contributed by atoms with Crippen molar-refractivity contribution < 1.29 is 23.8 Å². The van der Waals surface area contributed by atoms with Crippen LogP contribution in [-0.2, 0) is 23.8 Å². The Morgan fingerprint density at radius 3 is 2.00 bits per heavy atom. The molecule has 0 aliphatic heterocycles. The van der Waals surface area contributed by atoms with Crippen LogP contribution in [0.5, 0.6) is 0 Å². The largest absolute Gasteiger partial charge is 0.466 e. The molecule has 1 unspecified atom stereocenters. The van der Waals surface area contributed by atoms with Crippen molar-refractivity contribution in [2.75, 3.05) is 34.1 Å². The third-order valence-corrected chi connectivity index (χ3v) is 2.83. The van der Waals surface area contributed by atoms with Crippen LogP contribution in [0.15, 0.2) is 0 Å². The molecule has 0 aromatic heterocycles. The lowest BCUT2D eigenvalue weighted by molar-refractivity contribution is -0.195. The molecule has 18 heavy (non-hydrogen) atoms. The van der Waals surface area contributed by atoms with Crippen molar-refractivity contribution in [2.45, 2.75) is 32.8 Å². The average molecular weight is 261 g/mol. The van der Waals surface area contributed by atoms with Crippen molar-refractivity contribution in [3.8, 4) is 0 Å². The van der Waals surface area contributed by atoms with Gasteiger partial charge in [0.1, 0.15) is 6.79 Å². The topological polar surface area (TPSA) is 65.1 Å². The number of nitrogens with zero attached hydrogens (tertiary/aromatic N) is 1. The molecule has 0 fully saturated rings. The smallest absolute Gasteiger partial charge is 0.348 e. The van der Waals surface area contributed by atoms with E-state index < -0.39 is 11.6 Å². The molecule has 0 bridgehead atoms. The highest BCUT2D eigenvalue weighted by molar-refractivity contribution is 6.06. The van der Waals surface area contributed by atoms with E-state index in [1.54, 1.807) is 6.92 Å². The lowest BCUT2D eigenvalue weighted by atomic mass is 9.98. The third kappa shape index (κ3) is 3.43. The quantitative estimate of drug-likeness (QED) is 0.367. The maximum absolute atomic E-state index is 12.4. The van der Waals surface area contributed by atoms with Crippen molar-refractivity contribution in [3.05, 3.63) is 0 Å². The first-order valence-electron chi connectivity index (χ1n) is 6.04. The molecule has 0 heterocycles. The Morgan fingerprint density at radius 2 is 1.67 bits per heavy atom. The van der Waals surface area contributed by atoms with Crippen molar-refractivity contribution in [2.24, 2.45) is 0 Å². The molecular formula is C12H23NO5. The zero-order chi connectivity index (χ0) is 14.2. The van der Waals surface area contributed by atoms with Gasteiger partial charge in [-0.15, -0.1) is 0 Å². The molecule has 0 N–H and O–H groups in total. The van der Waals surface area contributed by atoms with Crippen molar-refractivity contribution >= 4 is 11.9 Å². The first-order valence-corrected chi connectivity index (χ1v) is 6.04. The fourth-order valence-electron chi connectivity index (χ4n) is 1.70. The fourth-order valence-corrected chi connectivity index (χ4v) is 1.70.